The first kappa shape index (κ1) is 14.6. The molecule has 3 heterocycles. The Hall–Kier alpha value is -2.33. The van der Waals surface area contributed by atoms with Crippen molar-refractivity contribution in [2.75, 3.05) is 7.11 Å². The number of hydrogen-bond donors (Lipinski definition) is 2. The highest BCUT2D eigenvalue weighted by atomic mass is 31.0. The van der Waals surface area contributed by atoms with Crippen LogP contribution in [0.3, 0.4) is 0 Å². The third-order valence-corrected chi connectivity index (χ3v) is 5.48. The zero-order chi connectivity index (χ0) is 15.9. The first-order chi connectivity index (χ1) is 10.5. The average molecular weight is 317 g/mol. The minimum atomic E-state index is -0.964. The Labute approximate surface area is 129 Å². The summed E-state index contributed by atoms with van der Waals surface area (Å²) >= 11 is 0. The van der Waals surface area contributed by atoms with Crippen molar-refractivity contribution >= 4 is 36.5 Å². The Bertz CT molecular complexity index is 798. The average Bonchev–Trinajstić information content (AvgIpc) is 3.06. The predicted octanol–water partition coefficient (Wildman–Crippen LogP) is 2.33. The number of amides is 3. The zero-order valence-corrected chi connectivity index (χ0v) is 13.3. The van der Waals surface area contributed by atoms with Crippen LogP contribution >= 0.6 is 8.19 Å². The van der Waals surface area contributed by atoms with E-state index in [1.165, 1.54) is 0 Å². The maximum absolute atomic E-state index is 12.2. The van der Waals surface area contributed by atoms with Crippen molar-refractivity contribution in [3.05, 3.63) is 35.8 Å². The van der Waals surface area contributed by atoms with Gasteiger partial charge >= 0.3 is 6.03 Å². The number of methoxy groups -OCH3 is 1. The summed E-state index contributed by atoms with van der Waals surface area (Å²) in [6.07, 6.45) is 2.19. The van der Waals surface area contributed by atoms with Gasteiger partial charge in [0.25, 0.3) is 5.91 Å². The van der Waals surface area contributed by atoms with Crippen LogP contribution in [0.25, 0.3) is 16.4 Å². The summed E-state index contributed by atoms with van der Waals surface area (Å²) in [7, 11) is 1.84. The highest BCUT2D eigenvalue weighted by molar-refractivity contribution is 7.38. The van der Waals surface area contributed by atoms with Gasteiger partial charge < -0.3 is 10.1 Å². The van der Waals surface area contributed by atoms with Crippen LogP contribution in [0.1, 0.15) is 24.2 Å². The zero-order valence-electron chi connectivity index (χ0n) is 12.3. The van der Waals surface area contributed by atoms with Gasteiger partial charge in [-0.2, -0.15) is 0 Å². The summed E-state index contributed by atoms with van der Waals surface area (Å²) < 4.78 is 5.13. The van der Waals surface area contributed by atoms with Crippen molar-refractivity contribution in [3.8, 4) is 0 Å². The highest BCUT2D eigenvalue weighted by Crippen LogP contribution is 2.40. The van der Waals surface area contributed by atoms with Gasteiger partial charge in [-0.25, -0.2) is 4.79 Å². The van der Waals surface area contributed by atoms with Crippen molar-refractivity contribution in [3.63, 3.8) is 0 Å². The van der Waals surface area contributed by atoms with Gasteiger partial charge in [0.1, 0.15) is 11.3 Å². The van der Waals surface area contributed by atoms with Crippen LogP contribution in [-0.2, 0) is 15.1 Å². The predicted molar refractivity (Wildman–Crippen MR) is 85.9 cm³/mol. The van der Waals surface area contributed by atoms with Gasteiger partial charge in [0, 0.05) is 22.2 Å². The second-order valence-corrected chi connectivity index (χ2v) is 6.46. The molecule has 1 unspecified atom stereocenters. The number of carbonyl (C=O) groups is 2. The molecule has 3 amide bonds. The third-order valence-electron chi connectivity index (χ3n) is 3.97. The summed E-state index contributed by atoms with van der Waals surface area (Å²) in [5.74, 6) is 0.249. The topological polar surface area (TPSA) is 80.3 Å². The lowest BCUT2D eigenvalue weighted by atomic mass is 9.94. The monoisotopic (exact) mass is 317 g/mol. The molecule has 0 bridgehead atoms. The first-order valence-electron chi connectivity index (χ1n) is 6.86. The van der Waals surface area contributed by atoms with Crippen LogP contribution in [-0.4, -0.2) is 24.0 Å². The molecular weight excluding hydrogens is 301 g/mol. The van der Waals surface area contributed by atoms with Crippen LogP contribution in [0.5, 0.6) is 0 Å². The molecule has 2 N–H and O–H groups in total. The second-order valence-electron chi connectivity index (χ2n) is 5.13. The van der Waals surface area contributed by atoms with Crippen LogP contribution in [0, 0.1) is 0 Å². The first-order valence-corrected chi connectivity index (χ1v) is 7.86. The van der Waals surface area contributed by atoms with Gasteiger partial charge in [0.15, 0.2) is 0 Å². The van der Waals surface area contributed by atoms with Crippen molar-refractivity contribution < 1.29 is 14.3 Å². The molecule has 1 fully saturated rings. The number of urea groups is 1. The molecule has 2 aromatic rings. The number of carbonyl (C=O) groups excluding carboxylic acids is 2. The summed E-state index contributed by atoms with van der Waals surface area (Å²) in [6.45, 7) is 5.70. The molecule has 0 radical (unpaired) electrons. The summed E-state index contributed by atoms with van der Waals surface area (Å²) in [5.41, 5.74) is 0.672. The molecule has 1 aliphatic heterocycles. The van der Waals surface area contributed by atoms with Crippen LogP contribution in [0.2, 0.25) is 0 Å². The minimum Gasteiger partial charge on any atom is -0.497 e. The van der Waals surface area contributed by atoms with E-state index in [0.29, 0.717) is 12.2 Å². The Balaban J connectivity index is 2.10. The number of imide groups is 1. The Morgan fingerprint density at radius 1 is 1.45 bits per heavy atom. The molecule has 6 nitrogen and oxygen atoms in total. The molecule has 0 aromatic carbocycles. The lowest BCUT2D eigenvalue weighted by molar-refractivity contribution is -0.124. The summed E-state index contributed by atoms with van der Waals surface area (Å²) in [5, 5.41) is 6.98. The summed E-state index contributed by atoms with van der Waals surface area (Å²) in [4.78, 5) is 28.1. The van der Waals surface area contributed by atoms with E-state index in [1.54, 1.807) is 13.3 Å². The molecule has 7 heteroatoms. The molecule has 1 aliphatic rings. The fourth-order valence-corrected chi connectivity index (χ4v) is 4.19. The van der Waals surface area contributed by atoms with Gasteiger partial charge in [-0.05, 0) is 18.6 Å². The van der Waals surface area contributed by atoms with Crippen molar-refractivity contribution in [1.29, 1.82) is 0 Å². The molecule has 22 heavy (non-hydrogen) atoms. The number of fused-ring (bicyclic) bond motifs is 1. The van der Waals surface area contributed by atoms with Crippen molar-refractivity contribution in [2.45, 2.75) is 18.9 Å². The Kier molecular flexibility index (Phi) is 3.41. The number of aromatic nitrogens is 1. The maximum atomic E-state index is 12.2. The van der Waals surface area contributed by atoms with Gasteiger partial charge in [-0.3, -0.25) is 15.1 Å². The smallest absolute Gasteiger partial charge is 0.322 e. The molecule has 0 aliphatic carbocycles. The lowest BCUT2D eigenvalue weighted by Gasteiger charge is -2.23. The fourth-order valence-electron chi connectivity index (χ4n) is 2.63. The largest absolute Gasteiger partial charge is 0.497 e. The molecule has 2 aromatic heterocycles. The van der Waals surface area contributed by atoms with E-state index in [-0.39, 0.29) is 14.1 Å². The number of rotatable bonds is 4. The van der Waals surface area contributed by atoms with Crippen LogP contribution < -0.4 is 10.6 Å². The number of ether oxygens (including phenoxy) is 1. The quantitative estimate of drug-likeness (QED) is 0.670. The van der Waals surface area contributed by atoms with E-state index in [2.05, 4.69) is 22.2 Å². The van der Waals surface area contributed by atoms with Gasteiger partial charge in [-0.15, -0.1) is 8.19 Å². The number of nitrogens with zero attached hydrogens (tertiary/aromatic N) is 1. The standard InChI is InChI=1S/C15H16N3O3P/c1-4-15(13(19)17-14(20)18-15)12-6-10-11(22-12)5-9(7-16-10)8(2)21-3/h5-7,22H,2,4H2,1,3H3,(H2,17,18,19,20)/t15-/m0/s1. The van der Waals surface area contributed by atoms with Crippen LogP contribution in [0.15, 0.2) is 24.9 Å². The van der Waals surface area contributed by atoms with E-state index in [9.17, 15) is 9.59 Å². The molecule has 3 rings (SSSR count). The van der Waals surface area contributed by atoms with Gasteiger partial charge in [0.2, 0.25) is 0 Å². The number of nitrogens with one attached hydrogen (secondary N) is 2. The third kappa shape index (κ3) is 2.07. The number of hydrogen-bond acceptors (Lipinski definition) is 4. The summed E-state index contributed by atoms with van der Waals surface area (Å²) in [6, 6.07) is 3.41. The van der Waals surface area contributed by atoms with Gasteiger partial charge in [0.05, 0.1) is 12.6 Å². The Morgan fingerprint density at radius 3 is 2.82 bits per heavy atom. The van der Waals surface area contributed by atoms with E-state index >= 15 is 0 Å². The van der Waals surface area contributed by atoms with Crippen LogP contribution in [0.4, 0.5) is 4.79 Å². The lowest BCUT2D eigenvalue weighted by Crippen LogP contribution is -2.42. The molecule has 0 saturated carbocycles. The van der Waals surface area contributed by atoms with Crippen molar-refractivity contribution in [2.24, 2.45) is 0 Å². The van der Waals surface area contributed by atoms with Gasteiger partial charge in [-0.1, -0.05) is 13.5 Å². The molecule has 1 saturated heterocycles. The van der Waals surface area contributed by atoms with E-state index in [1.807, 2.05) is 19.1 Å². The molecular formula is C15H16N3O3P. The molecule has 2 atom stereocenters. The number of pyridine rings is 1. The molecule has 0 spiro atoms. The SMILES string of the molecule is C=C(OC)c1cnc2cc([C@]3(CC)NC(=O)NC3=O)[pH]c2c1. The van der Waals surface area contributed by atoms with E-state index in [4.69, 9.17) is 4.74 Å². The normalized spacial score (nSPS) is 21.2. The molecule has 114 valence electrons. The maximum Gasteiger partial charge on any atom is 0.322 e. The van der Waals surface area contributed by atoms with Crippen molar-refractivity contribution in [1.82, 2.24) is 15.6 Å². The minimum absolute atomic E-state index is 0.275. The Morgan fingerprint density at radius 2 is 2.23 bits per heavy atom. The fraction of sp³-hybridized carbons (Fsp3) is 0.267. The second kappa shape index (κ2) is 5.14. The van der Waals surface area contributed by atoms with E-state index in [0.717, 1.165) is 21.5 Å². The van der Waals surface area contributed by atoms with E-state index < -0.39 is 11.6 Å². The highest BCUT2D eigenvalue weighted by Gasteiger charge is 2.46.